The minimum atomic E-state index is -0.452. The molecule has 0 unspecified atom stereocenters. The maximum Gasteiger partial charge on any atom is 0.283 e. The van der Waals surface area contributed by atoms with Crippen molar-refractivity contribution in [1.29, 1.82) is 5.41 Å². The van der Waals surface area contributed by atoms with Gasteiger partial charge in [-0.05, 0) is 54.4 Å². The number of halogens is 1. The molecule has 0 aromatic heterocycles. The number of hydrazone groups is 1. The second kappa shape index (κ2) is 8.58. The van der Waals surface area contributed by atoms with Crippen molar-refractivity contribution in [2.24, 2.45) is 10.1 Å². The average molecular weight is 450 g/mol. The van der Waals surface area contributed by atoms with E-state index in [2.05, 4.69) is 15.0 Å². The summed E-state index contributed by atoms with van der Waals surface area (Å²) in [5, 5.41) is 15.7. The molecule has 5 rings (SSSR count). The van der Waals surface area contributed by atoms with E-state index in [0.717, 1.165) is 36.7 Å². The Bertz CT molecular complexity index is 1170. The number of hydrogen-bond acceptors (Lipinski definition) is 6. The van der Waals surface area contributed by atoms with Crippen LogP contribution < -0.4 is 4.74 Å². The van der Waals surface area contributed by atoms with Crippen LogP contribution in [-0.4, -0.2) is 45.1 Å². The van der Waals surface area contributed by atoms with Crippen LogP contribution in [0.15, 0.2) is 64.2 Å². The van der Waals surface area contributed by atoms with Gasteiger partial charge in [0.2, 0.25) is 5.17 Å². The number of carbonyl (C=O) groups excluding carboxylic acids is 1. The first-order valence-electron chi connectivity index (χ1n) is 10.3. The molecule has 1 saturated heterocycles. The minimum Gasteiger partial charge on any atom is -0.489 e. The molecule has 0 radical (unpaired) electrons. The van der Waals surface area contributed by atoms with Crippen LogP contribution in [0.25, 0.3) is 6.08 Å². The Morgan fingerprint density at radius 3 is 2.59 bits per heavy atom. The van der Waals surface area contributed by atoms with Crippen LogP contribution in [0.3, 0.4) is 0 Å². The first-order valence-corrected chi connectivity index (χ1v) is 11.1. The molecule has 32 heavy (non-hydrogen) atoms. The van der Waals surface area contributed by atoms with E-state index in [-0.39, 0.29) is 23.8 Å². The van der Waals surface area contributed by atoms with Crippen molar-refractivity contribution in [3.05, 3.63) is 71.0 Å². The molecule has 1 fully saturated rings. The molecule has 0 atom stereocenters. The number of benzene rings is 2. The number of aliphatic imine (C=N–C) groups is 1. The normalized spacial score (nSPS) is 19.3. The number of fused-ring (bicyclic) bond motifs is 1. The Morgan fingerprint density at radius 1 is 1.09 bits per heavy atom. The number of rotatable bonds is 4. The van der Waals surface area contributed by atoms with Crippen LogP contribution in [0.1, 0.15) is 24.0 Å². The Kier molecular flexibility index (Phi) is 5.48. The van der Waals surface area contributed by atoms with Gasteiger partial charge < -0.3 is 9.64 Å². The number of nitrogens with zero attached hydrogens (tertiary/aromatic N) is 4. The van der Waals surface area contributed by atoms with Crippen molar-refractivity contribution in [2.45, 2.75) is 19.4 Å². The van der Waals surface area contributed by atoms with Crippen LogP contribution in [0.2, 0.25) is 0 Å². The maximum atomic E-state index is 13.7. The third kappa shape index (κ3) is 4.03. The van der Waals surface area contributed by atoms with Gasteiger partial charge in [0.25, 0.3) is 5.91 Å². The fraction of sp³-hybridized carbons (Fsp3) is 0.217. The van der Waals surface area contributed by atoms with Crippen LogP contribution >= 0.6 is 11.8 Å². The van der Waals surface area contributed by atoms with Gasteiger partial charge in [-0.2, -0.15) is 10.0 Å². The lowest BCUT2D eigenvalue weighted by Gasteiger charge is -2.20. The zero-order valence-corrected chi connectivity index (χ0v) is 17.9. The highest BCUT2D eigenvalue weighted by atomic mass is 32.2. The Morgan fingerprint density at radius 2 is 1.84 bits per heavy atom. The number of likely N-dealkylation sites (tertiary alicyclic amines) is 1. The molecule has 2 aromatic rings. The highest BCUT2D eigenvalue weighted by Crippen LogP contribution is 2.31. The summed E-state index contributed by atoms with van der Waals surface area (Å²) in [6, 6.07) is 13.5. The molecular weight excluding hydrogens is 429 g/mol. The molecule has 0 bridgehead atoms. The molecule has 3 aliphatic heterocycles. The minimum absolute atomic E-state index is 0.0153. The summed E-state index contributed by atoms with van der Waals surface area (Å²) in [6.07, 6.45) is 3.86. The van der Waals surface area contributed by atoms with Gasteiger partial charge in [0, 0.05) is 18.7 Å². The molecule has 3 heterocycles. The number of ether oxygens (including phenoxy) is 1. The van der Waals surface area contributed by atoms with Crippen LogP contribution in [0.4, 0.5) is 4.39 Å². The zero-order valence-electron chi connectivity index (χ0n) is 17.1. The fourth-order valence-electron chi connectivity index (χ4n) is 3.62. The molecule has 0 aliphatic carbocycles. The molecule has 2 aromatic carbocycles. The van der Waals surface area contributed by atoms with Crippen LogP contribution in [-0.2, 0) is 11.4 Å². The van der Waals surface area contributed by atoms with Gasteiger partial charge in [-0.25, -0.2) is 4.39 Å². The lowest BCUT2D eigenvalue weighted by Crippen LogP contribution is -2.35. The highest BCUT2D eigenvalue weighted by molar-refractivity contribution is 8.26. The smallest absolute Gasteiger partial charge is 0.283 e. The fourth-order valence-corrected chi connectivity index (χ4v) is 4.57. The summed E-state index contributed by atoms with van der Waals surface area (Å²) < 4.78 is 19.4. The predicted molar refractivity (Wildman–Crippen MR) is 123 cm³/mol. The molecule has 0 spiro atoms. The Hall–Kier alpha value is -3.46. The second-order valence-corrected chi connectivity index (χ2v) is 8.48. The third-order valence-corrected chi connectivity index (χ3v) is 6.33. The van der Waals surface area contributed by atoms with Crippen molar-refractivity contribution in [2.75, 3.05) is 13.1 Å². The van der Waals surface area contributed by atoms with Gasteiger partial charge in [0.15, 0.2) is 11.0 Å². The first-order chi connectivity index (χ1) is 15.6. The number of amides is 1. The van der Waals surface area contributed by atoms with Crippen molar-refractivity contribution in [3.8, 4) is 5.75 Å². The summed E-state index contributed by atoms with van der Waals surface area (Å²) in [7, 11) is 0. The van der Waals surface area contributed by atoms with Crippen LogP contribution in [0, 0.1) is 11.2 Å². The molecule has 0 saturated carbocycles. The van der Waals surface area contributed by atoms with E-state index in [1.54, 1.807) is 48.5 Å². The van der Waals surface area contributed by atoms with E-state index in [9.17, 15) is 9.18 Å². The van der Waals surface area contributed by atoms with Gasteiger partial charge in [-0.3, -0.25) is 10.2 Å². The Labute approximate surface area is 188 Å². The van der Waals surface area contributed by atoms with Crippen molar-refractivity contribution >= 4 is 39.9 Å². The highest BCUT2D eigenvalue weighted by Gasteiger charge is 2.37. The van der Waals surface area contributed by atoms with Gasteiger partial charge in [0.1, 0.15) is 18.2 Å². The average Bonchev–Trinajstić information content (AvgIpc) is 3.47. The number of hydrogen-bond donors (Lipinski definition) is 1. The number of amidine groups is 3. The molecule has 9 heteroatoms. The zero-order chi connectivity index (χ0) is 22.1. The van der Waals surface area contributed by atoms with Gasteiger partial charge in [0.05, 0.1) is 5.57 Å². The SMILES string of the molecule is N=C1/C(=C\c2ccc(OCc3ccccc3F)cc2)C(=O)N=C2SC(N3CCCC3)=NN12. The van der Waals surface area contributed by atoms with E-state index in [4.69, 9.17) is 10.1 Å². The first kappa shape index (κ1) is 20.4. The van der Waals surface area contributed by atoms with Gasteiger partial charge in [-0.1, -0.05) is 30.3 Å². The second-order valence-electron chi connectivity index (χ2n) is 7.55. The summed E-state index contributed by atoms with van der Waals surface area (Å²) in [5.74, 6) is -0.164. The molecule has 162 valence electrons. The molecule has 1 N–H and O–H groups in total. The van der Waals surface area contributed by atoms with Crippen molar-refractivity contribution < 1.29 is 13.9 Å². The number of thioether (sulfide) groups is 1. The molecule has 1 amide bonds. The van der Waals surface area contributed by atoms with E-state index in [1.165, 1.54) is 22.8 Å². The third-order valence-electron chi connectivity index (χ3n) is 5.36. The monoisotopic (exact) mass is 449 g/mol. The van der Waals surface area contributed by atoms with E-state index >= 15 is 0 Å². The van der Waals surface area contributed by atoms with Gasteiger partial charge >= 0.3 is 0 Å². The summed E-state index contributed by atoms with van der Waals surface area (Å²) in [6.45, 7) is 1.99. The lowest BCUT2D eigenvalue weighted by molar-refractivity contribution is -0.114. The van der Waals surface area contributed by atoms with Crippen molar-refractivity contribution in [3.63, 3.8) is 0 Å². The van der Waals surface area contributed by atoms with E-state index in [0.29, 0.717) is 16.5 Å². The quantitative estimate of drug-likeness (QED) is 0.712. The summed E-state index contributed by atoms with van der Waals surface area (Å²) in [5.41, 5.74) is 1.39. The largest absolute Gasteiger partial charge is 0.489 e. The topological polar surface area (TPSA) is 81.3 Å². The molecular formula is C23H20FN5O2S. The number of carbonyl (C=O) groups is 1. The summed E-state index contributed by atoms with van der Waals surface area (Å²) >= 11 is 1.33. The standard InChI is InChI=1S/C23H20FN5O2S/c24-19-6-2-1-5-16(19)14-31-17-9-7-15(8-10-17)13-18-20(25)29-22(26-21(18)30)32-23(27-29)28-11-3-4-12-28/h1-2,5-10,13,25H,3-4,11-12,14H2/b18-13+,25-20?. The Balaban J connectivity index is 1.30. The van der Waals surface area contributed by atoms with Gasteiger partial charge in [-0.15, -0.1) is 5.10 Å². The lowest BCUT2D eigenvalue weighted by atomic mass is 10.1. The number of nitrogens with one attached hydrogen (secondary N) is 1. The summed E-state index contributed by atoms with van der Waals surface area (Å²) in [4.78, 5) is 18.9. The van der Waals surface area contributed by atoms with E-state index in [1.807, 2.05) is 0 Å². The van der Waals surface area contributed by atoms with Crippen LogP contribution in [0.5, 0.6) is 5.75 Å². The molecule has 7 nitrogen and oxygen atoms in total. The van der Waals surface area contributed by atoms with E-state index < -0.39 is 5.91 Å². The predicted octanol–water partition coefficient (Wildman–Crippen LogP) is 4.08. The molecule has 3 aliphatic rings. The van der Waals surface area contributed by atoms with Crippen molar-refractivity contribution in [1.82, 2.24) is 9.91 Å². The maximum absolute atomic E-state index is 13.7.